The molecule has 4 rings (SSSR count). The molecule has 0 radical (unpaired) electrons. The minimum Gasteiger partial charge on any atom is -0.492 e. The van der Waals surface area contributed by atoms with Crippen molar-refractivity contribution in [3.63, 3.8) is 0 Å². The van der Waals surface area contributed by atoms with Crippen LogP contribution in [0.3, 0.4) is 0 Å². The molecule has 0 atom stereocenters. The van der Waals surface area contributed by atoms with Gasteiger partial charge in [0.05, 0.1) is 17.7 Å². The molecule has 0 aliphatic heterocycles. The minimum atomic E-state index is -0.0719. The zero-order valence-corrected chi connectivity index (χ0v) is 15.2. The molecule has 26 heavy (non-hydrogen) atoms. The number of aromatic nitrogens is 1. The van der Waals surface area contributed by atoms with Crippen LogP contribution in [0.1, 0.15) is 12.5 Å². The highest BCUT2D eigenvalue weighted by atomic mass is 32.1. The molecular weight excluding hydrogens is 344 g/mol. The molecule has 0 fully saturated rings. The summed E-state index contributed by atoms with van der Waals surface area (Å²) in [6.07, 6.45) is 0.319. The summed E-state index contributed by atoms with van der Waals surface area (Å²) >= 11 is 1.46. The van der Waals surface area contributed by atoms with Gasteiger partial charge in [0.25, 0.3) is 0 Å². The summed E-state index contributed by atoms with van der Waals surface area (Å²) in [5.41, 5.74) is 1.78. The molecule has 1 N–H and O–H groups in total. The summed E-state index contributed by atoms with van der Waals surface area (Å²) in [5.74, 6) is 0.675. The lowest BCUT2D eigenvalue weighted by Crippen LogP contribution is -2.14. The standard InChI is InChI=1S/C21H18N2O2S/c1-2-25-17-8-5-9-18-20(17)23-21(26-18)22-19(24)13-14-10-11-15-6-3-4-7-16(15)12-14/h3-12H,2,13H2,1H3,(H,22,23,24). The number of fused-ring (bicyclic) bond motifs is 2. The number of nitrogens with one attached hydrogen (secondary N) is 1. The molecule has 0 saturated carbocycles. The summed E-state index contributed by atoms with van der Waals surface area (Å²) in [4.78, 5) is 17.0. The van der Waals surface area contributed by atoms with E-state index in [0.29, 0.717) is 18.2 Å². The van der Waals surface area contributed by atoms with Crippen LogP contribution in [-0.2, 0) is 11.2 Å². The topological polar surface area (TPSA) is 51.2 Å². The van der Waals surface area contributed by atoms with Gasteiger partial charge < -0.3 is 10.1 Å². The fourth-order valence-corrected chi connectivity index (χ4v) is 3.85. The molecule has 1 aromatic heterocycles. The highest BCUT2D eigenvalue weighted by Gasteiger charge is 2.12. The average Bonchev–Trinajstić information content (AvgIpc) is 3.05. The van der Waals surface area contributed by atoms with Gasteiger partial charge in [-0.05, 0) is 35.4 Å². The predicted molar refractivity (Wildman–Crippen MR) is 107 cm³/mol. The third-order valence-electron chi connectivity index (χ3n) is 4.11. The maximum Gasteiger partial charge on any atom is 0.230 e. The number of rotatable bonds is 5. The Morgan fingerprint density at radius 2 is 1.92 bits per heavy atom. The van der Waals surface area contributed by atoms with E-state index in [4.69, 9.17) is 4.74 Å². The van der Waals surface area contributed by atoms with Crippen LogP contribution >= 0.6 is 11.3 Å². The van der Waals surface area contributed by atoms with E-state index in [-0.39, 0.29) is 5.91 Å². The highest BCUT2D eigenvalue weighted by Crippen LogP contribution is 2.32. The fourth-order valence-electron chi connectivity index (χ4n) is 2.95. The van der Waals surface area contributed by atoms with E-state index < -0.39 is 0 Å². The number of para-hydroxylation sites is 1. The second-order valence-electron chi connectivity index (χ2n) is 5.96. The predicted octanol–water partition coefficient (Wildman–Crippen LogP) is 5.03. The Morgan fingerprint density at radius 1 is 1.08 bits per heavy atom. The van der Waals surface area contributed by atoms with Gasteiger partial charge in [0.2, 0.25) is 5.91 Å². The summed E-state index contributed by atoms with van der Waals surface area (Å²) < 4.78 is 6.60. The second-order valence-corrected chi connectivity index (χ2v) is 6.99. The molecule has 3 aromatic carbocycles. The van der Waals surface area contributed by atoms with Gasteiger partial charge >= 0.3 is 0 Å². The van der Waals surface area contributed by atoms with Crippen LogP contribution in [0, 0.1) is 0 Å². The monoisotopic (exact) mass is 362 g/mol. The van der Waals surface area contributed by atoms with Crippen LogP contribution < -0.4 is 10.1 Å². The lowest BCUT2D eigenvalue weighted by molar-refractivity contribution is -0.115. The third-order valence-corrected chi connectivity index (χ3v) is 5.04. The molecule has 5 heteroatoms. The van der Waals surface area contributed by atoms with Crippen LogP contribution in [0.4, 0.5) is 5.13 Å². The van der Waals surface area contributed by atoms with Crippen molar-refractivity contribution in [2.75, 3.05) is 11.9 Å². The molecular formula is C21H18N2O2S. The Balaban J connectivity index is 1.52. The maximum absolute atomic E-state index is 12.4. The normalized spacial score (nSPS) is 11.0. The molecule has 0 spiro atoms. The summed E-state index contributed by atoms with van der Waals surface area (Å²) in [5, 5.41) is 5.82. The zero-order valence-electron chi connectivity index (χ0n) is 14.4. The first-order valence-electron chi connectivity index (χ1n) is 8.53. The van der Waals surface area contributed by atoms with E-state index >= 15 is 0 Å². The molecule has 0 unspecified atom stereocenters. The van der Waals surface area contributed by atoms with Crippen molar-refractivity contribution < 1.29 is 9.53 Å². The number of benzene rings is 3. The summed E-state index contributed by atoms with van der Waals surface area (Å²) in [7, 11) is 0. The van der Waals surface area contributed by atoms with Gasteiger partial charge in [-0.1, -0.05) is 59.9 Å². The van der Waals surface area contributed by atoms with Crippen molar-refractivity contribution in [3.8, 4) is 5.75 Å². The van der Waals surface area contributed by atoms with E-state index in [0.717, 1.165) is 26.9 Å². The number of amides is 1. The van der Waals surface area contributed by atoms with Crippen molar-refractivity contribution in [2.45, 2.75) is 13.3 Å². The smallest absolute Gasteiger partial charge is 0.230 e. The van der Waals surface area contributed by atoms with E-state index in [9.17, 15) is 4.79 Å². The SMILES string of the molecule is CCOc1cccc2sc(NC(=O)Cc3ccc4ccccc4c3)nc12. The highest BCUT2D eigenvalue weighted by molar-refractivity contribution is 7.22. The van der Waals surface area contributed by atoms with Crippen molar-refractivity contribution >= 4 is 43.4 Å². The van der Waals surface area contributed by atoms with Gasteiger partial charge in [0.15, 0.2) is 5.13 Å². The number of nitrogens with zero attached hydrogens (tertiary/aromatic N) is 1. The van der Waals surface area contributed by atoms with Crippen LogP contribution in [0.2, 0.25) is 0 Å². The quantitative estimate of drug-likeness (QED) is 0.542. The number of anilines is 1. The molecule has 130 valence electrons. The Kier molecular flexibility index (Phi) is 4.54. The molecule has 1 amide bonds. The second kappa shape index (κ2) is 7.14. The van der Waals surface area contributed by atoms with Gasteiger partial charge in [-0.15, -0.1) is 0 Å². The van der Waals surface area contributed by atoms with Gasteiger partial charge in [-0.3, -0.25) is 4.79 Å². The van der Waals surface area contributed by atoms with Crippen molar-refractivity contribution in [2.24, 2.45) is 0 Å². The van der Waals surface area contributed by atoms with E-state index in [1.54, 1.807) is 0 Å². The Hall–Kier alpha value is -2.92. The molecule has 0 aliphatic carbocycles. The minimum absolute atomic E-state index is 0.0719. The summed E-state index contributed by atoms with van der Waals surface area (Å²) in [6, 6.07) is 20.0. The zero-order chi connectivity index (χ0) is 17.9. The lowest BCUT2D eigenvalue weighted by Gasteiger charge is -2.04. The Labute approximate surface area is 155 Å². The average molecular weight is 362 g/mol. The Morgan fingerprint density at radius 3 is 2.77 bits per heavy atom. The van der Waals surface area contributed by atoms with E-state index in [2.05, 4.69) is 28.5 Å². The first-order valence-corrected chi connectivity index (χ1v) is 9.34. The van der Waals surface area contributed by atoms with Gasteiger partial charge in [0.1, 0.15) is 11.3 Å². The first kappa shape index (κ1) is 16.5. The largest absolute Gasteiger partial charge is 0.492 e. The van der Waals surface area contributed by atoms with Crippen molar-refractivity contribution in [1.29, 1.82) is 0 Å². The Bertz CT molecular complexity index is 1090. The number of hydrogen-bond acceptors (Lipinski definition) is 4. The van der Waals surface area contributed by atoms with Gasteiger partial charge in [0, 0.05) is 0 Å². The molecule has 4 aromatic rings. The van der Waals surface area contributed by atoms with Crippen LogP contribution in [-0.4, -0.2) is 17.5 Å². The molecule has 4 nitrogen and oxygen atoms in total. The van der Waals surface area contributed by atoms with Crippen LogP contribution in [0.15, 0.2) is 60.7 Å². The molecule has 0 bridgehead atoms. The van der Waals surface area contributed by atoms with Crippen LogP contribution in [0.25, 0.3) is 21.0 Å². The molecule has 0 aliphatic rings. The number of thiazole rings is 1. The lowest BCUT2D eigenvalue weighted by atomic mass is 10.1. The summed E-state index contributed by atoms with van der Waals surface area (Å²) in [6.45, 7) is 2.53. The number of carbonyl (C=O) groups is 1. The van der Waals surface area contributed by atoms with Gasteiger partial charge in [-0.2, -0.15) is 0 Å². The first-order chi connectivity index (χ1) is 12.7. The van der Waals surface area contributed by atoms with Crippen LogP contribution in [0.5, 0.6) is 5.75 Å². The number of hydrogen-bond donors (Lipinski definition) is 1. The fraction of sp³-hybridized carbons (Fsp3) is 0.143. The van der Waals surface area contributed by atoms with Crippen molar-refractivity contribution in [3.05, 3.63) is 66.2 Å². The number of carbonyl (C=O) groups excluding carboxylic acids is 1. The third kappa shape index (κ3) is 3.39. The van der Waals surface area contributed by atoms with E-state index in [1.807, 2.05) is 49.4 Å². The number of ether oxygens (including phenoxy) is 1. The molecule has 1 heterocycles. The van der Waals surface area contributed by atoms with Crippen molar-refractivity contribution in [1.82, 2.24) is 4.98 Å². The van der Waals surface area contributed by atoms with Gasteiger partial charge in [-0.25, -0.2) is 4.98 Å². The van der Waals surface area contributed by atoms with E-state index in [1.165, 1.54) is 16.7 Å². The maximum atomic E-state index is 12.4. The molecule has 0 saturated heterocycles.